The number of ether oxygens (including phenoxy) is 4. The fraction of sp³-hybridized carbons (Fsp3) is 0.250. The first-order valence-electron chi connectivity index (χ1n) is 10.1. The topological polar surface area (TPSA) is 73.4 Å². The summed E-state index contributed by atoms with van der Waals surface area (Å²) >= 11 is 3.27. The van der Waals surface area contributed by atoms with Crippen LogP contribution >= 0.6 is 15.9 Å². The second-order valence-electron chi connectivity index (χ2n) is 7.25. The van der Waals surface area contributed by atoms with Gasteiger partial charge in [0.05, 0.1) is 28.4 Å². The number of hydrogen-bond acceptors (Lipinski definition) is 6. The van der Waals surface area contributed by atoms with Gasteiger partial charge >= 0.3 is 5.91 Å². The standard InChI is InChI=1S/C24H24BrN2O6/c1-29-16-6-8-19(30-2)17(12-16)18-13-26(15-5-7-20(31-3)22(11-15)32-4)14-27(18)24(28)21-9-10-23(25)33-21/h5-12,14,18H,13H2,1-4H3/q+1. The Balaban J connectivity index is 1.79. The van der Waals surface area contributed by atoms with Gasteiger partial charge < -0.3 is 23.4 Å². The molecule has 0 spiro atoms. The van der Waals surface area contributed by atoms with Gasteiger partial charge in [0.2, 0.25) is 12.1 Å². The molecule has 0 fully saturated rings. The molecule has 8 nitrogen and oxygen atoms in total. The molecule has 3 aromatic rings. The zero-order valence-corrected chi connectivity index (χ0v) is 20.3. The molecule has 9 heteroatoms. The van der Waals surface area contributed by atoms with Crippen LogP contribution in [-0.4, -0.2) is 56.7 Å². The molecular formula is C24H24BrN2O6+. The number of carbonyl (C=O) groups is 1. The van der Waals surface area contributed by atoms with Crippen LogP contribution in [-0.2, 0) is 0 Å². The Hall–Kier alpha value is -3.46. The summed E-state index contributed by atoms with van der Waals surface area (Å²) in [6, 6.07) is 14.1. The number of halogens is 1. The molecule has 1 amide bonds. The van der Waals surface area contributed by atoms with Gasteiger partial charge in [-0.1, -0.05) is 0 Å². The van der Waals surface area contributed by atoms with Crippen LogP contribution in [0, 0.1) is 0 Å². The van der Waals surface area contributed by atoms with Gasteiger partial charge in [-0.15, -0.1) is 0 Å². The zero-order valence-electron chi connectivity index (χ0n) is 18.7. The summed E-state index contributed by atoms with van der Waals surface area (Å²) in [6.07, 6.45) is 1.77. The third kappa shape index (κ3) is 4.41. The summed E-state index contributed by atoms with van der Waals surface area (Å²) in [5.41, 5.74) is 1.66. The number of methoxy groups -OCH3 is 4. The van der Waals surface area contributed by atoms with Crippen LogP contribution in [0.4, 0.5) is 5.69 Å². The lowest BCUT2D eigenvalue weighted by Crippen LogP contribution is -2.31. The summed E-state index contributed by atoms with van der Waals surface area (Å²) in [4.78, 5) is 15.1. The van der Waals surface area contributed by atoms with E-state index in [1.165, 1.54) is 0 Å². The van der Waals surface area contributed by atoms with E-state index in [1.54, 1.807) is 51.8 Å². The molecule has 1 atom stereocenters. The molecule has 33 heavy (non-hydrogen) atoms. The van der Waals surface area contributed by atoms with Crippen molar-refractivity contribution in [2.75, 3.05) is 35.0 Å². The van der Waals surface area contributed by atoms with E-state index in [-0.39, 0.29) is 17.7 Å². The van der Waals surface area contributed by atoms with Crippen LogP contribution in [0.3, 0.4) is 0 Å². The number of carbonyl (C=O) groups excluding carboxylic acids is 1. The fourth-order valence-corrected chi connectivity index (χ4v) is 4.13. The quantitative estimate of drug-likeness (QED) is 0.426. The molecule has 172 valence electrons. The number of amides is 1. The van der Waals surface area contributed by atoms with Crippen LogP contribution in [0.25, 0.3) is 0 Å². The smallest absolute Gasteiger partial charge is 0.376 e. The van der Waals surface area contributed by atoms with Crippen molar-refractivity contribution >= 4 is 33.9 Å². The first kappa shape index (κ1) is 22.7. The SMILES string of the molecule is COc1ccc(OC)c(C2C[N+](c3ccc(OC)c(OC)c3)=CN2C(=O)c2ccc(Br)o2)c1. The highest BCUT2D eigenvalue weighted by Crippen LogP contribution is 2.38. The van der Waals surface area contributed by atoms with Crippen molar-refractivity contribution < 1.29 is 32.7 Å². The van der Waals surface area contributed by atoms with Crippen LogP contribution < -0.4 is 18.9 Å². The van der Waals surface area contributed by atoms with Crippen molar-refractivity contribution in [3.05, 3.63) is 64.5 Å². The summed E-state index contributed by atoms with van der Waals surface area (Å²) < 4.78 is 29.9. The van der Waals surface area contributed by atoms with E-state index in [0.717, 1.165) is 11.3 Å². The predicted octanol–water partition coefficient (Wildman–Crippen LogP) is 4.65. The Bertz CT molecular complexity index is 1210. The van der Waals surface area contributed by atoms with Gasteiger partial charge in [0.1, 0.15) is 23.7 Å². The molecule has 0 N–H and O–H groups in total. The summed E-state index contributed by atoms with van der Waals surface area (Å²) in [5, 5.41) is 0. The molecular weight excluding hydrogens is 492 g/mol. The minimum absolute atomic E-state index is 0.221. The van der Waals surface area contributed by atoms with Gasteiger partial charge in [-0.2, -0.15) is 4.90 Å². The minimum Gasteiger partial charge on any atom is -0.497 e. The highest BCUT2D eigenvalue weighted by molar-refractivity contribution is 9.10. The largest absolute Gasteiger partial charge is 0.497 e. The average Bonchev–Trinajstić information content (AvgIpc) is 3.49. The van der Waals surface area contributed by atoms with Gasteiger partial charge in [0.15, 0.2) is 22.2 Å². The van der Waals surface area contributed by atoms with Gasteiger partial charge in [-0.3, -0.25) is 0 Å². The molecule has 1 aliphatic heterocycles. The van der Waals surface area contributed by atoms with Gasteiger partial charge in [0.25, 0.3) is 0 Å². The van der Waals surface area contributed by atoms with Crippen molar-refractivity contribution in [1.82, 2.24) is 4.90 Å². The van der Waals surface area contributed by atoms with Crippen LogP contribution in [0.2, 0.25) is 0 Å². The van der Waals surface area contributed by atoms with Crippen LogP contribution in [0.1, 0.15) is 22.2 Å². The summed E-state index contributed by atoms with van der Waals surface area (Å²) in [5.74, 6) is 2.49. The Morgan fingerprint density at radius 3 is 2.30 bits per heavy atom. The fourth-order valence-electron chi connectivity index (χ4n) is 3.83. The van der Waals surface area contributed by atoms with Gasteiger partial charge in [-0.25, -0.2) is 9.37 Å². The van der Waals surface area contributed by atoms with E-state index in [9.17, 15) is 4.79 Å². The summed E-state index contributed by atoms with van der Waals surface area (Å²) in [6.45, 7) is 0.479. The van der Waals surface area contributed by atoms with Crippen molar-refractivity contribution in [2.45, 2.75) is 6.04 Å². The molecule has 0 saturated heterocycles. The molecule has 0 radical (unpaired) electrons. The molecule has 1 aromatic heterocycles. The highest BCUT2D eigenvalue weighted by Gasteiger charge is 2.42. The second-order valence-corrected chi connectivity index (χ2v) is 8.03. The number of rotatable bonds is 7. The molecule has 1 aliphatic rings. The molecule has 0 aliphatic carbocycles. The van der Waals surface area contributed by atoms with E-state index in [0.29, 0.717) is 34.2 Å². The maximum Gasteiger partial charge on any atom is 0.376 e. The Kier molecular flexibility index (Phi) is 6.60. The Morgan fingerprint density at radius 2 is 1.67 bits per heavy atom. The number of benzene rings is 2. The molecule has 0 bridgehead atoms. The van der Waals surface area contributed by atoms with Crippen LogP contribution in [0.5, 0.6) is 23.0 Å². The monoisotopic (exact) mass is 515 g/mol. The number of nitrogens with zero attached hydrogens (tertiary/aromatic N) is 2. The zero-order chi connectivity index (χ0) is 23.5. The van der Waals surface area contributed by atoms with E-state index < -0.39 is 0 Å². The lowest BCUT2D eigenvalue weighted by Gasteiger charge is -2.18. The van der Waals surface area contributed by atoms with Crippen LogP contribution in [0.15, 0.2) is 57.6 Å². The van der Waals surface area contributed by atoms with Gasteiger partial charge in [-0.05, 0) is 58.4 Å². The first-order chi connectivity index (χ1) is 16.0. The molecule has 0 saturated carbocycles. The maximum absolute atomic E-state index is 13.4. The predicted molar refractivity (Wildman–Crippen MR) is 125 cm³/mol. The van der Waals surface area contributed by atoms with E-state index in [1.807, 2.05) is 41.0 Å². The van der Waals surface area contributed by atoms with Gasteiger partial charge in [0, 0.05) is 11.6 Å². The molecule has 2 heterocycles. The van der Waals surface area contributed by atoms with Crippen molar-refractivity contribution in [2.24, 2.45) is 0 Å². The van der Waals surface area contributed by atoms with Crippen molar-refractivity contribution in [1.29, 1.82) is 0 Å². The van der Waals surface area contributed by atoms with Crippen molar-refractivity contribution in [3.8, 4) is 23.0 Å². The minimum atomic E-state index is -0.362. The van der Waals surface area contributed by atoms with E-state index in [4.69, 9.17) is 23.4 Å². The van der Waals surface area contributed by atoms with E-state index in [2.05, 4.69) is 15.9 Å². The lowest BCUT2D eigenvalue weighted by atomic mass is 10.0. The number of hydrogen-bond donors (Lipinski definition) is 0. The summed E-state index contributed by atoms with van der Waals surface area (Å²) in [7, 11) is 6.38. The Labute approximate surface area is 200 Å². The third-order valence-corrected chi connectivity index (χ3v) is 5.91. The molecule has 4 rings (SSSR count). The first-order valence-corrected chi connectivity index (χ1v) is 10.9. The van der Waals surface area contributed by atoms with E-state index >= 15 is 0 Å². The highest BCUT2D eigenvalue weighted by atomic mass is 79.9. The maximum atomic E-state index is 13.4. The Morgan fingerprint density at radius 1 is 0.939 bits per heavy atom. The van der Waals surface area contributed by atoms with Crippen molar-refractivity contribution in [3.63, 3.8) is 0 Å². The normalized spacial score (nSPS) is 15.2. The third-order valence-electron chi connectivity index (χ3n) is 5.48. The average molecular weight is 516 g/mol. The second kappa shape index (κ2) is 9.58. The molecule has 2 aromatic carbocycles. The lowest BCUT2D eigenvalue weighted by molar-refractivity contribution is -0.429. The molecule has 1 unspecified atom stereocenters. The number of furan rings is 1.